The fourth-order valence-corrected chi connectivity index (χ4v) is 4.98. The zero-order chi connectivity index (χ0) is 14.6. The van der Waals surface area contributed by atoms with Crippen molar-refractivity contribution in [1.82, 2.24) is 4.31 Å². The number of sulfonamides is 1. The van der Waals surface area contributed by atoms with Crippen LogP contribution in [-0.4, -0.2) is 39.0 Å². The molecule has 108 valence electrons. The number of nitrogens with zero attached hydrogens (tertiary/aromatic N) is 1. The molecular weight excluding hydrogens is 398 g/mol. The number of hydrogen-bond acceptors (Lipinski definition) is 3. The highest BCUT2D eigenvalue weighted by molar-refractivity contribution is 9.11. The molecule has 1 aromatic carbocycles. The summed E-state index contributed by atoms with van der Waals surface area (Å²) < 4.78 is 33.1. The fourth-order valence-electron chi connectivity index (χ4n) is 1.65. The van der Waals surface area contributed by atoms with Crippen LogP contribution in [0.1, 0.15) is 13.8 Å². The lowest BCUT2D eigenvalue weighted by Crippen LogP contribution is -2.39. The van der Waals surface area contributed by atoms with E-state index >= 15 is 0 Å². The minimum atomic E-state index is -3.53. The van der Waals surface area contributed by atoms with Crippen molar-refractivity contribution in [2.24, 2.45) is 0 Å². The van der Waals surface area contributed by atoms with Gasteiger partial charge in [0.15, 0.2) is 0 Å². The SMILES string of the molecule is COCCN(C(C)C)S(=O)(=O)c1ccc(Br)cc1Br. The maximum atomic E-state index is 12.6. The molecule has 0 aliphatic heterocycles. The zero-order valence-corrected chi connectivity index (χ0v) is 15.0. The van der Waals surface area contributed by atoms with Crippen LogP contribution < -0.4 is 0 Å². The molecule has 0 bridgehead atoms. The highest BCUT2D eigenvalue weighted by Crippen LogP contribution is 2.28. The van der Waals surface area contributed by atoms with E-state index in [1.165, 1.54) is 4.31 Å². The molecule has 0 aromatic heterocycles. The molecule has 0 fully saturated rings. The summed E-state index contributed by atoms with van der Waals surface area (Å²) in [5, 5.41) is 0. The number of ether oxygens (including phenoxy) is 1. The van der Waals surface area contributed by atoms with Crippen molar-refractivity contribution < 1.29 is 13.2 Å². The molecule has 0 spiro atoms. The first-order valence-corrected chi connectivity index (χ1v) is 8.79. The van der Waals surface area contributed by atoms with E-state index in [9.17, 15) is 8.42 Å². The van der Waals surface area contributed by atoms with Crippen molar-refractivity contribution in [2.45, 2.75) is 24.8 Å². The van der Waals surface area contributed by atoms with Gasteiger partial charge >= 0.3 is 0 Å². The molecule has 1 aromatic rings. The molecule has 0 unspecified atom stereocenters. The second-order valence-electron chi connectivity index (χ2n) is 4.28. The molecule has 19 heavy (non-hydrogen) atoms. The maximum absolute atomic E-state index is 12.6. The Balaban J connectivity index is 3.19. The molecule has 4 nitrogen and oxygen atoms in total. The number of halogens is 2. The largest absolute Gasteiger partial charge is 0.383 e. The van der Waals surface area contributed by atoms with Crippen LogP contribution >= 0.6 is 31.9 Å². The van der Waals surface area contributed by atoms with E-state index in [1.54, 1.807) is 25.3 Å². The van der Waals surface area contributed by atoms with Gasteiger partial charge in [-0.15, -0.1) is 0 Å². The maximum Gasteiger partial charge on any atom is 0.244 e. The Labute approximate surface area is 131 Å². The second-order valence-corrected chi connectivity index (χ2v) is 7.91. The van der Waals surface area contributed by atoms with Gasteiger partial charge in [-0.3, -0.25) is 0 Å². The van der Waals surface area contributed by atoms with Crippen LogP contribution in [0.5, 0.6) is 0 Å². The summed E-state index contributed by atoms with van der Waals surface area (Å²) in [5.41, 5.74) is 0. The van der Waals surface area contributed by atoms with Crippen molar-refractivity contribution in [1.29, 1.82) is 0 Å². The molecule has 0 saturated heterocycles. The highest BCUT2D eigenvalue weighted by atomic mass is 79.9. The molecule has 0 aliphatic carbocycles. The van der Waals surface area contributed by atoms with Gasteiger partial charge in [0.1, 0.15) is 0 Å². The van der Waals surface area contributed by atoms with E-state index in [-0.39, 0.29) is 10.9 Å². The molecule has 0 amide bonds. The summed E-state index contributed by atoms with van der Waals surface area (Å²) in [6.45, 7) is 4.39. The highest BCUT2D eigenvalue weighted by Gasteiger charge is 2.28. The predicted octanol–water partition coefficient (Wildman–Crippen LogP) is 3.26. The Morgan fingerprint density at radius 2 is 1.95 bits per heavy atom. The van der Waals surface area contributed by atoms with Gasteiger partial charge in [0.2, 0.25) is 10.0 Å². The van der Waals surface area contributed by atoms with Gasteiger partial charge in [-0.2, -0.15) is 4.31 Å². The number of methoxy groups -OCH3 is 1. The molecule has 0 radical (unpaired) electrons. The topological polar surface area (TPSA) is 46.6 Å². The van der Waals surface area contributed by atoms with Crippen LogP contribution in [0, 0.1) is 0 Å². The van der Waals surface area contributed by atoms with E-state index in [1.807, 2.05) is 13.8 Å². The quantitative estimate of drug-likeness (QED) is 0.717. The smallest absolute Gasteiger partial charge is 0.244 e. The van der Waals surface area contributed by atoms with Gasteiger partial charge in [-0.25, -0.2) is 8.42 Å². The van der Waals surface area contributed by atoms with Gasteiger partial charge in [0.25, 0.3) is 0 Å². The normalized spacial score (nSPS) is 12.4. The van der Waals surface area contributed by atoms with E-state index in [4.69, 9.17) is 4.74 Å². The Hall–Kier alpha value is 0.0500. The molecule has 0 heterocycles. The Bertz CT molecular complexity index is 532. The standard InChI is InChI=1S/C12H17Br2NO3S/c1-9(2)15(6-7-18-3)19(16,17)12-5-4-10(13)8-11(12)14/h4-5,8-9H,6-7H2,1-3H3. The first kappa shape index (κ1) is 17.1. The van der Waals surface area contributed by atoms with Crippen LogP contribution in [0.25, 0.3) is 0 Å². The van der Waals surface area contributed by atoms with Crippen LogP contribution in [0.3, 0.4) is 0 Å². The van der Waals surface area contributed by atoms with Crippen LogP contribution in [-0.2, 0) is 14.8 Å². The lowest BCUT2D eigenvalue weighted by molar-refractivity contribution is 0.171. The third-order valence-corrected chi connectivity index (χ3v) is 6.12. The predicted molar refractivity (Wildman–Crippen MR) is 82.7 cm³/mol. The lowest BCUT2D eigenvalue weighted by Gasteiger charge is -2.26. The molecule has 0 atom stereocenters. The Morgan fingerprint density at radius 1 is 1.32 bits per heavy atom. The molecule has 1 rings (SSSR count). The molecule has 7 heteroatoms. The Kier molecular flexibility index (Phi) is 6.46. The number of hydrogen-bond donors (Lipinski definition) is 0. The second kappa shape index (κ2) is 7.17. The lowest BCUT2D eigenvalue weighted by atomic mass is 10.4. The van der Waals surface area contributed by atoms with E-state index in [0.717, 1.165) is 4.47 Å². The number of benzene rings is 1. The van der Waals surface area contributed by atoms with Crippen molar-refractivity contribution >= 4 is 41.9 Å². The molecule has 0 saturated carbocycles. The van der Waals surface area contributed by atoms with Gasteiger partial charge in [-0.05, 0) is 48.0 Å². The first-order chi connectivity index (χ1) is 8.80. The molecule has 0 N–H and O–H groups in total. The van der Waals surface area contributed by atoms with Crippen LogP contribution in [0.2, 0.25) is 0 Å². The van der Waals surface area contributed by atoms with Crippen LogP contribution in [0.15, 0.2) is 32.0 Å². The Morgan fingerprint density at radius 3 is 2.42 bits per heavy atom. The van der Waals surface area contributed by atoms with Crippen molar-refractivity contribution in [3.8, 4) is 0 Å². The van der Waals surface area contributed by atoms with Gasteiger partial charge in [0, 0.05) is 28.6 Å². The van der Waals surface area contributed by atoms with Gasteiger partial charge in [0.05, 0.1) is 11.5 Å². The number of rotatable bonds is 6. The molecule has 0 aliphatic rings. The summed E-state index contributed by atoms with van der Waals surface area (Å²) in [7, 11) is -1.98. The summed E-state index contributed by atoms with van der Waals surface area (Å²) in [6, 6.07) is 4.90. The fraction of sp³-hybridized carbons (Fsp3) is 0.500. The zero-order valence-electron chi connectivity index (χ0n) is 11.1. The monoisotopic (exact) mass is 413 g/mol. The summed E-state index contributed by atoms with van der Waals surface area (Å²) in [4.78, 5) is 0.264. The van der Waals surface area contributed by atoms with Crippen molar-refractivity contribution in [3.05, 3.63) is 27.1 Å². The van der Waals surface area contributed by atoms with E-state index in [2.05, 4.69) is 31.9 Å². The van der Waals surface area contributed by atoms with E-state index < -0.39 is 10.0 Å². The summed E-state index contributed by atoms with van der Waals surface area (Å²) >= 11 is 6.61. The van der Waals surface area contributed by atoms with Crippen molar-refractivity contribution in [3.63, 3.8) is 0 Å². The van der Waals surface area contributed by atoms with Gasteiger partial charge < -0.3 is 4.74 Å². The summed E-state index contributed by atoms with van der Waals surface area (Å²) in [5.74, 6) is 0. The molecular formula is C12H17Br2NO3S. The minimum Gasteiger partial charge on any atom is -0.383 e. The third-order valence-electron chi connectivity index (χ3n) is 2.57. The van der Waals surface area contributed by atoms with E-state index in [0.29, 0.717) is 17.6 Å². The average Bonchev–Trinajstić information content (AvgIpc) is 2.27. The van der Waals surface area contributed by atoms with Gasteiger partial charge in [-0.1, -0.05) is 15.9 Å². The van der Waals surface area contributed by atoms with Crippen molar-refractivity contribution in [2.75, 3.05) is 20.3 Å². The van der Waals surface area contributed by atoms with Crippen LogP contribution in [0.4, 0.5) is 0 Å². The first-order valence-electron chi connectivity index (χ1n) is 5.76. The minimum absolute atomic E-state index is 0.129. The average molecular weight is 415 g/mol. The third kappa shape index (κ3) is 4.26. The summed E-state index contributed by atoms with van der Waals surface area (Å²) in [6.07, 6.45) is 0.